The molecule has 0 radical (unpaired) electrons. The van der Waals surface area contributed by atoms with Crippen molar-refractivity contribution in [3.63, 3.8) is 0 Å². The van der Waals surface area contributed by atoms with Gasteiger partial charge in [-0.05, 0) is 32.1 Å². The molecular formula is C20H29N5O3. The molecule has 0 saturated carbocycles. The molecule has 2 aromatic heterocycles. The molecule has 152 valence electrons. The van der Waals surface area contributed by atoms with Crippen LogP contribution in [0.25, 0.3) is 0 Å². The Hall–Kier alpha value is -2.64. The van der Waals surface area contributed by atoms with E-state index in [0.717, 1.165) is 49.3 Å². The third kappa shape index (κ3) is 4.26. The molecule has 3 heterocycles. The maximum atomic E-state index is 12.6. The molecule has 0 unspecified atom stereocenters. The predicted molar refractivity (Wildman–Crippen MR) is 106 cm³/mol. The zero-order chi connectivity index (χ0) is 20.3. The first kappa shape index (κ1) is 20.1. The second-order valence-electron chi connectivity index (χ2n) is 7.57. The predicted octanol–water partition coefficient (Wildman–Crippen LogP) is 1.01. The lowest BCUT2D eigenvalue weighted by Crippen LogP contribution is -2.40. The highest BCUT2D eigenvalue weighted by Gasteiger charge is 2.23. The number of nitrogens with zero attached hydrogens (tertiary/aromatic N) is 4. The smallest absolute Gasteiger partial charge is 0.328 e. The number of rotatable bonds is 6. The Morgan fingerprint density at radius 1 is 1.29 bits per heavy atom. The molecular weight excluding hydrogens is 358 g/mol. The molecule has 28 heavy (non-hydrogen) atoms. The molecule has 2 aromatic rings. The highest BCUT2D eigenvalue weighted by molar-refractivity contribution is 5.76. The van der Waals surface area contributed by atoms with Crippen LogP contribution in [0.15, 0.2) is 22.0 Å². The lowest BCUT2D eigenvalue weighted by molar-refractivity contribution is -0.132. The van der Waals surface area contributed by atoms with E-state index in [1.54, 1.807) is 6.92 Å². The van der Waals surface area contributed by atoms with Crippen molar-refractivity contribution >= 4 is 5.91 Å². The van der Waals surface area contributed by atoms with E-state index in [9.17, 15) is 14.4 Å². The first-order valence-electron chi connectivity index (χ1n) is 9.97. The Morgan fingerprint density at radius 2 is 2.00 bits per heavy atom. The summed E-state index contributed by atoms with van der Waals surface area (Å²) in [6, 6.07) is 0. The summed E-state index contributed by atoms with van der Waals surface area (Å²) in [5.74, 6) is 1.73. The first-order chi connectivity index (χ1) is 13.4. The fourth-order valence-electron chi connectivity index (χ4n) is 3.92. The Balaban J connectivity index is 1.53. The lowest BCUT2D eigenvalue weighted by Gasteiger charge is -2.32. The van der Waals surface area contributed by atoms with Gasteiger partial charge in [0.2, 0.25) is 5.91 Å². The van der Waals surface area contributed by atoms with E-state index in [0.29, 0.717) is 23.6 Å². The van der Waals surface area contributed by atoms with Crippen LogP contribution in [0.2, 0.25) is 0 Å². The quantitative estimate of drug-likeness (QED) is 0.801. The zero-order valence-corrected chi connectivity index (χ0v) is 16.9. The van der Waals surface area contributed by atoms with Crippen molar-refractivity contribution in [3.8, 4) is 0 Å². The van der Waals surface area contributed by atoms with Crippen LogP contribution in [0.3, 0.4) is 0 Å². The molecule has 1 saturated heterocycles. The van der Waals surface area contributed by atoms with Gasteiger partial charge in [0.25, 0.3) is 5.56 Å². The van der Waals surface area contributed by atoms with Crippen LogP contribution in [0.4, 0.5) is 0 Å². The van der Waals surface area contributed by atoms with E-state index in [2.05, 4.69) is 21.5 Å². The lowest BCUT2D eigenvalue weighted by atomic mass is 9.96. The van der Waals surface area contributed by atoms with E-state index >= 15 is 0 Å². The topological polar surface area (TPSA) is 93.0 Å². The fraction of sp³-hybridized carbons (Fsp3) is 0.600. The average Bonchev–Trinajstić information content (AvgIpc) is 3.13. The second kappa shape index (κ2) is 8.58. The Labute approximate surface area is 164 Å². The standard InChI is InChI=1S/C20H29N5O3/c1-4-17-21-9-12-25(17)13-15-7-10-24(11-8-15)18(26)6-5-16-14(2)22-20(28)23(3)19(16)27/h9,12,15H,4-8,10-11,13H2,1-3H3,(H,22,28). The third-order valence-corrected chi connectivity index (χ3v) is 5.74. The van der Waals surface area contributed by atoms with Gasteiger partial charge >= 0.3 is 5.69 Å². The normalized spacial score (nSPS) is 15.2. The van der Waals surface area contributed by atoms with Crippen LogP contribution in [0, 0.1) is 12.8 Å². The van der Waals surface area contributed by atoms with Gasteiger partial charge in [-0.15, -0.1) is 0 Å². The number of imidazole rings is 1. The van der Waals surface area contributed by atoms with Gasteiger partial charge in [-0.3, -0.25) is 14.2 Å². The van der Waals surface area contributed by atoms with Gasteiger partial charge in [0.1, 0.15) is 5.82 Å². The summed E-state index contributed by atoms with van der Waals surface area (Å²) in [6.45, 7) is 6.27. The minimum Gasteiger partial charge on any atom is -0.343 e. The Kier molecular flexibility index (Phi) is 6.16. The minimum atomic E-state index is -0.427. The summed E-state index contributed by atoms with van der Waals surface area (Å²) in [7, 11) is 1.45. The van der Waals surface area contributed by atoms with Crippen molar-refractivity contribution in [2.24, 2.45) is 13.0 Å². The third-order valence-electron chi connectivity index (χ3n) is 5.74. The number of nitrogens with one attached hydrogen (secondary N) is 1. The molecule has 1 fully saturated rings. The minimum absolute atomic E-state index is 0.0722. The number of amides is 1. The van der Waals surface area contributed by atoms with Crippen LogP contribution >= 0.6 is 0 Å². The van der Waals surface area contributed by atoms with E-state index < -0.39 is 5.69 Å². The molecule has 0 atom stereocenters. The number of carbonyl (C=O) groups excluding carboxylic acids is 1. The van der Waals surface area contributed by atoms with E-state index in [1.807, 2.05) is 17.3 Å². The highest BCUT2D eigenvalue weighted by Crippen LogP contribution is 2.20. The summed E-state index contributed by atoms with van der Waals surface area (Å²) in [6.07, 6.45) is 7.40. The molecule has 8 heteroatoms. The van der Waals surface area contributed by atoms with Crippen LogP contribution in [0.5, 0.6) is 0 Å². The van der Waals surface area contributed by atoms with Crippen molar-refractivity contribution in [3.05, 3.63) is 50.3 Å². The number of piperidine rings is 1. The van der Waals surface area contributed by atoms with Crippen LogP contribution in [-0.2, 0) is 31.2 Å². The number of aryl methyl sites for hydroxylation is 2. The van der Waals surface area contributed by atoms with Crippen molar-refractivity contribution in [1.29, 1.82) is 0 Å². The van der Waals surface area contributed by atoms with Gasteiger partial charge in [0.05, 0.1) is 0 Å². The van der Waals surface area contributed by atoms with Crippen LogP contribution in [-0.4, -0.2) is 43.0 Å². The molecule has 1 aliphatic rings. The maximum Gasteiger partial charge on any atom is 0.328 e. The number of H-pyrrole nitrogens is 1. The summed E-state index contributed by atoms with van der Waals surface area (Å²) < 4.78 is 3.27. The van der Waals surface area contributed by atoms with Crippen molar-refractivity contribution in [2.45, 2.75) is 52.5 Å². The monoisotopic (exact) mass is 387 g/mol. The van der Waals surface area contributed by atoms with E-state index in [4.69, 9.17) is 0 Å². The number of aromatic nitrogens is 4. The maximum absolute atomic E-state index is 12.6. The van der Waals surface area contributed by atoms with Gasteiger partial charge in [0, 0.05) is 63.2 Å². The van der Waals surface area contributed by atoms with E-state index in [1.165, 1.54) is 7.05 Å². The summed E-state index contributed by atoms with van der Waals surface area (Å²) in [4.78, 5) is 45.4. The number of carbonyl (C=O) groups is 1. The molecule has 3 rings (SSSR count). The molecule has 1 aliphatic heterocycles. The zero-order valence-electron chi connectivity index (χ0n) is 16.9. The van der Waals surface area contributed by atoms with Crippen molar-refractivity contribution in [1.82, 2.24) is 24.0 Å². The Bertz CT molecular complexity index is 947. The van der Waals surface area contributed by atoms with Crippen molar-refractivity contribution in [2.75, 3.05) is 13.1 Å². The molecule has 0 bridgehead atoms. The largest absolute Gasteiger partial charge is 0.343 e. The first-order valence-corrected chi connectivity index (χ1v) is 9.97. The molecule has 1 N–H and O–H groups in total. The van der Waals surface area contributed by atoms with Gasteiger partial charge in [-0.1, -0.05) is 6.92 Å². The number of likely N-dealkylation sites (tertiary alicyclic amines) is 1. The summed E-state index contributed by atoms with van der Waals surface area (Å²) in [5.41, 5.74) is 0.313. The van der Waals surface area contributed by atoms with Gasteiger partial charge in [0.15, 0.2) is 0 Å². The highest BCUT2D eigenvalue weighted by atomic mass is 16.2. The van der Waals surface area contributed by atoms with Gasteiger partial charge in [-0.25, -0.2) is 9.78 Å². The summed E-state index contributed by atoms with van der Waals surface area (Å²) in [5, 5.41) is 0. The molecule has 0 aliphatic carbocycles. The van der Waals surface area contributed by atoms with Crippen LogP contribution in [0.1, 0.15) is 43.3 Å². The molecule has 0 spiro atoms. The van der Waals surface area contributed by atoms with Gasteiger partial charge in [-0.2, -0.15) is 0 Å². The summed E-state index contributed by atoms with van der Waals surface area (Å²) >= 11 is 0. The van der Waals surface area contributed by atoms with Crippen molar-refractivity contribution < 1.29 is 4.79 Å². The molecule has 1 amide bonds. The van der Waals surface area contributed by atoms with Gasteiger partial charge < -0.3 is 14.5 Å². The number of hydrogen-bond acceptors (Lipinski definition) is 4. The average molecular weight is 387 g/mol. The molecule has 8 nitrogen and oxygen atoms in total. The second-order valence-corrected chi connectivity index (χ2v) is 7.57. The molecule has 0 aromatic carbocycles. The number of hydrogen-bond donors (Lipinski definition) is 1. The number of aromatic amines is 1. The Morgan fingerprint density at radius 3 is 2.68 bits per heavy atom. The van der Waals surface area contributed by atoms with Crippen LogP contribution < -0.4 is 11.2 Å². The van der Waals surface area contributed by atoms with E-state index in [-0.39, 0.29) is 17.9 Å². The SMILES string of the molecule is CCc1nccn1CC1CCN(C(=O)CCc2c(C)[nH]c(=O)n(C)c2=O)CC1. The fourth-order valence-corrected chi connectivity index (χ4v) is 3.92.